The maximum atomic E-state index is 12.0. The van der Waals surface area contributed by atoms with Gasteiger partial charge in [0.05, 0.1) is 18.2 Å². The summed E-state index contributed by atoms with van der Waals surface area (Å²) in [5.41, 5.74) is 7.09. The molecule has 1 heterocycles. The standard InChI is InChI=1S/C13H14N4OS/c1-17-13(10(8-15-17)12(14)19)16-11(18)7-9-5-3-2-4-6-9/h2-6,8H,7H2,1H3,(H2,14,19)(H,16,18). The van der Waals surface area contributed by atoms with Gasteiger partial charge in [-0.1, -0.05) is 42.5 Å². The molecule has 0 atom stereocenters. The number of hydrogen-bond donors (Lipinski definition) is 2. The van der Waals surface area contributed by atoms with E-state index in [9.17, 15) is 4.79 Å². The summed E-state index contributed by atoms with van der Waals surface area (Å²) in [7, 11) is 1.72. The molecule has 3 N–H and O–H groups in total. The minimum atomic E-state index is -0.132. The van der Waals surface area contributed by atoms with Crippen molar-refractivity contribution < 1.29 is 4.79 Å². The molecule has 19 heavy (non-hydrogen) atoms. The highest BCUT2D eigenvalue weighted by molar-refractivity contribution is 7.80. The van der Waals surface area contributed by atoms with Crippen molar-refractivity contribution in [3.63, 3.8) is 0 Å². The molecule has 6 heteroatoms. The Hall–Kier alpha value is -2.21. The molecule has 0 aliphatic carbocycles. The second-order valence-electron chi connectivity index (χ2n) is 4.11. The minimum absolute atomic E-state index is 0.132. The number of nitrogens with one attached hydrogen (secondary N) is 1. The Morgan fingerprint density at radius 2 is 2.11 bits per heavy atom. The van der Waals surface area contributed by atoms with Crippen LogP contribution >= 0.6 is 12.2 Å². The predicted octanol–water partition coefficient (Wildman–Crippen LogP) is 1.24. The van der Waals surface area contributed by atoms with E-state index < -0.39 is 0 Å². The first kappa shape index (κ1) is 13.2. The maximum absolute atomic E-state index is 12.0. The average molecular weight is 274 g/mol. The Morgan fingerprint density at radius 1 is 1.42 bits per heavy atom. The zero-order chi connectivity index (χ0) is 13.8. The van der Waals surface area contributed by atoms with Gasteiger partial charge >= 0.3 is 0 Å². The zero-order valence-corrected chi connectivity index (χ0v) is 11.3. The molecule has 1 aromatic heterocycles. The van der Waals surface area contributed by atoms with Crippen LogP contribution in [-0.2, 0) is 18.3 Å². The van der Waals surface area contributed by atoms with Crippen molar-refractivity contribution in [1.29, 1.82) is 0 Å². The Morgan fingerprint density at radius 3 is 2.74 bits per heavy atom. The van der Waals surface area contributed by atoms with Gasteiger partial charge in [-0.15, -0.1) is 0 Å². The SMILES string of the molecule is Cn1ncc(C(N)=S)c1NC(=O)Cc1ccccc1. The fourth-order valence-corrected chi connectivity index (χ4v) is 1.87. The molecule has 5 nitrogen and oxygen atoms in total. The molecule has 0 fully saturated rings. The lowest BCUT2D eigenvalue weighted by molar-refractivity contribution is -0.115. The zero-order valence-electron chi connectivity index (χ0n) is 10.5. The summed E-state index contributed by atoms with van der Waals surface area (Å²) in [5.74, 6) is 0.390. The quantitative estimate of drug-likeness (QED) is 0.823. The minimum Gasteiger partial charge on any atom is -0.389 e. The molecular weight excluding hydrogens is 260 g/mol. The van der Waals surface area contributed by atoms with E-state index >= 15 is 0 Å². The molecule has 0 radical (unpaired) electrons. The van der Waals surface area contributed by atoms with E-state index in [2.05, 4.69) is 10.4 Å². The molecule has 0 saturated carbocycles. The number of benzene rings is 1. The molecule has 0 unspecified atom stereocenters. The Bertz CT molecular complexity index is 606. The Balaban J connectivity index is 2.11. The first-order chi connectivity index (χ1) is 9.08. The number of aryl methyl sites for hydroxylation is 1. The molecule has 2 aromatic rings. The van der Waals surface area contributed by atoms with Crippen molar-refractivity contribution in [2.45, 2.75) is 6.42 Å². The van der Waals surface area contributed by atoms with Crippen LogP contribution in [0, 0.1) is 0 Å². The largest absolute Gasteiger partial charge is 0.389 e. The average Bonchev–Trinajstić information content (AvgIpc) is 2.72. The number of carbonyl (C=O) groups excluding carboxylic acids is 1. The predicted molar refractivity (Wildman–Crippen MR) is 77.9 cm³/mol. The van der Waals surface area contributed by atoms with Gasteiger partial charge < -0.3 is 11.1 Å². The van der Waals surface area contributed by atoms with E-state index in [1.54, 1.807) is 13.2 Å². The third-order valence-electron chi connectivity index (χ3n) is 2.67. The van der Waals surface area contributed by atoms with Crippen LogP contribution in [0.5, 0.6) is 0 Å². The molecule has 0 aliphatic heterocycles. The number of rotatable bonds is 4. The van der Waals surface area contributed by atoms with Gasteiger partial charge in [0.25, 0.3) is 0 Å². The highest BCUT2D eigenvalue weighted by Crippen LogP contribution is 2.14. The van der Waals surface area contributed by atoms with Crippen molar-refractivity contribution in [3.05, 3.63) is 47.7 Å². The normalized spacial score (nSPS) is 10.2. The number of nitrogens with two attached hydrogens (primary N) is 1. The van der Waals surface area contributed by atoms with Crippen LogP contribution in [0.1, 0.15) is 11.1 Å². The lowest BCUT2D eigenvalue weighted by Gasteiger charge is -2.07. The van der Waals surface area contributed by atoms with E-state index in [1.165, 1.54) is 4.68 Å². The number of amides is 1. The third-order valence-corrected chi connectivity index (χ3v) is 2.89. The molecule has 0 bridgehead atoms. The van der Waals surface area contributed by atoms with Crippen LogP contribution in [0.25, 0.3) is 0 Å². The van der Waals surface area contributed by atoms with Crippen LogP contribution in [0.15, 0.2) is 36.5 Å². The molecule has 0 spiro atoms. The van der Waals surface area contributed by atoms with Gasteiger partial charge in [0.2, 0.25) is 5.91 Å². The van der Waals surface area contributed by atoms with Crippen molar-refractivity contribution in [3.8, 4) is 0 Å². The topological polar surface area (TPSA) is 72.9 Å². The molecule has 2 rings (SSSR count). The van der Waals surface area contributed by atoms with Gasteiger partial charge in [0.1, 0.15) is 10.8 Å². The van der Waals surface area contributed by atoms with Gasteiger partial charge in [-0.05, 0) is 5.56 Å². The Kier molecular flexibility index (Phi) is 3.91. The van der Waals surface area contributed by atoms with Crippen molar-refractivity contribution >= 4 is 28.9 Å². The second-order valence-corrected chi connectivity index (χ2v) is 4.55. The fraction of sp³-hybridized carbons (Fsp3) is 0.154. The first-order valence-electron chi connectivity index (χ1n) is 5.73. The summed E-state index contributed by atoms with van der Waals surface area (Å²) < 4.78 is 1.54. The fourth-order valence-electron chi connectivity index (χ4n) is 1.72. The number of aromatic nitrogens is 2. The van der Waals surface area contributed by atoms with Crippen LogP contribution in [-0.4, -0.2) is 20.7 Å². The molecular formula is C13H14N4OS. The lowest BCUT2D eigenvalue weighted by Crippen LogP contribution is -2.20. The summed E-state index contributed by atoms with van der Waals surface area (Å²) in [5, 5.41) is 6.82. The van der Waals surface area contributed by atoms with E-state index in [-0.39, 0.29) is 10.9 Å². The molecule has 98 valence electrons. The van der Waals surface area contributed by atoms with E-state index in [4.69, 9.17) is 18.0 Å². The maximum Gasteiger partial charge on any atom is 0.229 e. The summed E-state index contributed by atoms with van der Waals surface area (Å²) >= 11 is 4.92. The molecule has 1 amide bonds. The van der Waals surface area contributed by atoms with Crippen molar-refractivity contribution in [2.75, 3.05) is 5.32 Å². The number of thiocarbonyl (C=S) groups is 1. The number of carbonyl (C=O) groups is 1. The summed E-state index contributed by atoms with van der Waals surface area (Å²) in [6.07, 6.45) is 1.84. The van der Waals surface area contributed by atoms with Crippen LogP contribution in [0.4, 0.5) is 5.82 Å². The number of hydrogen-bond acceptors (Lipinski definition) is 3. The van der Waals surface area contributed by atoms with Gasteiger partial charge in [-0.3, -0.25) is 9.48 Å². The number of nitrogens with zero attached hydrogens (tertiary/aromatic N) is 2. The lowest BCUT2D eigenvalue weighted by atomic mass is 10.1. The van der Waals surface area contributed by atoms with Gasteiger partial charge in [-0.2, -0.15) is 5.10 Å². The highest BCUT2D eigenvalue weighted by atomic mass is 32.1. The molecule has 0 saturated heterocycles. The van der Waals surface area contributed by atoms with Crippen LogP contribution in [0.3, 0.4) is 0 Å². The van der Waals surface area contributed by atoms with Gasteiger partial charge in [0, 0.05) is 7.05 Å². The summed E-state index contributed by atoms with van der Waals surface area (Å²) in [6, 6.07) is 9.50. The smallest absolute Gasteiger partial charge is 0.229 e. The molecule has 1 aromatic carbocycles. The van der Waals surface area contributed by atoms with E-state index in [0.717, 1.165) is 5.56 Å². The van der Waals surface area contributed by atoms with Crippen LogP contribution < -0.4 is 11.1 Å². The Labute approximate surface area is 116 Å². The van der Waals surface area contributed by atoms with Crippen molar-refractivity contribution in [2.24, 2.45) is 12.8 Å². The summed E-state index contributed by atoms with van der Waals surface area (Å²) in [6.45, 7) is 0. The highest BCUT2D eigenvalue weighted by Gasteiger charge is 2.13. The monoisotopic (exact) mass is 274 g/mol. The summed E-state index contributed by atoms with van der Waals surface area (Å²) in [4.78, 5) is 12.2. The third kappa shape index (κ3) is 3.17. The second kappa shape index (κ2) is 5.62. The van der Waals surface area contributed by atoms with Gasteiger partial charge in [0.15, 0.2) is 0 Å². The molecule has 0 aliphatic rings. The van der Waals surface area contributed by atoms with Crippen molar-refractivity contribution in [1.82, 2.24) is 9.78 Å². The van der Waals surface area contributed by atoms with Gasteiger partial charge in [-0.25, -0.2) is 0 Å². The van der Waals surface area contributed by atoms with E-state index in [1.807, 2.05) is 30.3 Å². The number of anilines is 1. The van der Waals surface area contributed by atoms with E-state index in [0.29, 0.717) is 17.8 Å². The van der Waals surface area contributed by atoms with Crippen LogP contribution in [0.2, 0.25) is 0 Å². The first-order valence-corrected chi connectivity index (χ1v) is 6.14.